The molecule has 3 rings (SSSR count). The smallest absolute Gasteiger partial charge is 0.271 e. The van der Waals surface area contributed by atoms with E-state index in [0.29, 0.717) is 0 Å². The average molecular weight is 567 g/mol. The molecule has 0 unspecified atom stereocenters. The zero-order chi connectivity index (χ0) is 29.4. The maximum Gasteiger partial charge on any atom is 0.271 e. The summed E-state index contributed by atoms with van der Waals surface area (Å²) in [4.78, 5) is 39.6. The molecule has 3 aromatic rings. The van der Waals surface area contributed by atoms with E-state index in [0.717, 1.165) is 33.3 Å². The van der Waals surface area contributed by atoms with E-state index in [1.54, 1.807) is 0 Å². The molecule has 3 aromatic carbocycles. The molecule has 1 atom stereocenters. The van der Waals surface area contributed by atoms with Crippen LogP contribution in [-0.4, -0.2) is 54.9 Å². The van der Waals surface area contributed by atoms with Gasteiger partial charge in [0, 0.05) is 31.1 Å². The normalized spacial score (nSPS) is 12.0. The highest BCUT2D eigenvalue weighted by atomic mass is 32.2. The van der Waals surface area contributed by atoms with Crippen LogP contribution in [0.3, 0.4) is 0 Å². The molecule has 0 saturated carbocycles. The highest BCUT2D eigenvalue weighted by molar-refractivity contribution is 7.92. The second kappa shape index (κ2) is 13.2. The fourth-order valence-electron chi connectivity index (χ4n) is 4.32. The van der Waals surface area contributed by atoms with Crippen LogP contribution in [0.2, 0.25) is 0 Å². The molecule has 0 spiro atoms. The molecule has 212 valence electrons. The van der Waals surface area contributed by atoms with Crippen molar-refractivity contribution in [2.24, 2.45) is 0 Å². The molecule has 0 radical (unpaired) electrons. The lowest BCUT2D eigenvalue weighted by atomic mass is 10.0. The average Bonchev–Trinajstić information content (AvgIpc) is 2.88. The van der Waals surface area contributed by atoms with Crippen molar-refractivity contribution in [1.29, 1.82) is 0 Å². The minimum atomic E-state index is -4.03. The first-order valence-electron chi connectivity index (χ1n) is 12.8. The SMILES string of the molecule is Cc1cccc(CN(C(=O)CN(c2cccc([N+](=O)[O-])c2)S(C)(=O)=O)[C@H](Cc2ccccc2)C(=O)NC(C)C)c1. The Labute approximate surface area is 234 Å². The van der Waals surface area contributed by atoms with Gasteiger partial charge in [0.05, 0.1) is 16.9 Å². The highest BCUT2D eigenvalue weighted by Gasteiger charge is 2.33. The van der Waals surface area contributed by atoms with Gasteiger partial charge in [0.1, 0.15) is 12.6 Å². The van der Waals surface area contributed by atoms with Gasteiger partial charge in [-0.1, -0.05) is 66.2 Å². The molecule has 0 heterocycles. The van der Waals surface area contributed by atoms with E-state index in [4.69, 9.17) is 0 Å². The molecule has 0 aromatic heterocycles. The molecule has 0 bridgehead atoms. The van der Waals surface area contributed by atoms with Crippen LogP contribution in [0.25, 0.3) is 0 Å². The molecule has 0 saturated heterocycles. The Morgan fingerprint density at radius 2 is 1.60 bits per heavy atom. The Hall–Kier alpha value is -4.25. The number of aryl methyl sites for hydroxylation is 1. The first kappa shape index (κ1) is 30.3. The Morgan fingerprint density at radius 1 is 0.950 bits per heavy atom. The summed E-state index contributed by atoms with van der Waals surface area (Å²) in [5.74, 6) is -1.00. The van der Waals surface area contributed by atoms with Crippen LogP contribution >= 0.6 is 0 Å². The van der Waals surface area contributed by atoms with E-state index >= 15 is 0 Å². The van der Waals surface area contributed by atoms with Crippen molar-refractivity contribution in [3.63, 3.8) is 0 Å². The van der Waals surface area contributed by atoms with Crippen LogP contribution in [-0.2, 0) is 32.6 Å². The summed E-state index contributed by atoms with van der Waals surface area (Å²) in [6.45, 7) is 4.95. The Kier molecular flexibility index (Phi) is 10.0. The fraction of sp³-hybridized carbons (Fsp3) is 0.310. The van der Waals surface area contributed by atoms with Crippen LogP contribution in [0, 0.1) is 17.0 Å². The molecule has 2 amide bonds. The van der Waals surface area contributed by atoms with Crippen LogP contribution in [0.5, 0.6) is 0 Å². The molecule has 10 nitrogen and oxygen atoms in total. The van der Waals surface area contributed by atoms with Crippen LogP contribution in [0.15, 0.2) is 78.9 Å². The van der Waals surface area contributed by atoms with E-state index in [2.05, 4.69) is 5.32 Å². The third-order valence-electron chi connectivity index (χ3n) is 6.15. The number of nitro benzene ring substituents is 1. The Morgan fingerprint density at radius 3 is 2.20 bits per heavy atom. The number of non-ortho nitro benzene ring substituents is 1. The monoisotopic (exact) mass is 566 g/mol. The molecular formula is C29H34N4O6S. The van der Waals surface area contributed by atoms with E-state index in [1.165, 1.54) is 23.1 Å². The zero-order valence-electron chi connectivity index (χ0n) is 23.0. The van der Waals surface area contributed by atoms with Crippen molar-refractivity contribution in [2.45, 2.75) is 45.8 Å². The van der Waals surface area contributed by atoms with Gasteiger partial charge in [-0.05, 0) is 38.0 Å². The van der Waals surface area contributed by atoms with E-state index in [-0.39, 0.29) is 36.3 Å². The van der Waals surface area contributed by atoms with Gasteiger partial charge in [-0.15, -0.1) is 0 Å². The topological polar surface area (TPSA) is 130 Å². The second-order valence-corrected chi connectivity index (χ2v) is 11.8. The third kappa shape index (κ3) is 8.37. The summed E-state index contributed by atoms with van der Waals surface area (Å²) >= 11 is 0. The van der Waals surface area contributed by atoms with Crippen molar-refractivity contribution in [3.05, 3.63) is 106 Å². The lowest BCUT2D eigenvalue weighted by Gasteiger charge is -2.34. The number of carbonyl (C=O) groups excluding carboxylic acids is 2. The highest BCUT2D eigenvalue weighted by Crippen LogP contribution is 2.24. The van der Waals surface area contributed by atoms with Crippen molar-refractivity contribution >= 4 is 33.2 Å². The van der Waals surface area contributed by atoms with Gasteiger partial charge in [-0.2, -0.15) is 0 Å². The van der Waals surface area contributed by atoms with Crippen molar-refractivity contribution < 1.29 is 22.9 Å². The number of nitrogens with one attached hydrogen (secondary N) is 1. The van der Waals surface area contributed by atoms with Crippen LogP contribution in [0.1, 0.15) is 30.5 Å². The quantitative estimate of drug-likeness (QED) is 0.262. The van der Waals surface area contributed by atoms with E-state index in [9.17, 15) is 28.1 Å². The van der Waals surface area contributed by atoms with Gasteiger partial charge in [-0.3, -0.25) is 24.0 Å². The van der Waals surface area contributed by atoms with Crippen molar-refractivity contribution in [3.8, 4) is 0 Å². The molecular weight excluding hydrogens is 532 g/mol. The zero-order valence-corrected chi connectivity index (χ0v) is 23.8. The van der Waals surface area contributed by atoms with Crippen molar-refractivity contribution in [2.75, 3.05) is 17.1 Å². The third-order valence-corrected chi connectivity index (χ3v) is 7.29. The summed E-state index contributed by atoms with van der Waals surface area (Å²) in [5, 5.41) is 14.2. The summed E-state index contributed by atoms with van der Waals surface area (Å²) in [5.41, 5.74) is 2.22. The van der Waals surface area contributed by atoms with Gasteiger partial charge in [0.2, 0.25) is 21.8 Å². The maximum absolute atomic E-state index is 14.0. The number of anilines is 1. The number of nitro groups is 1. The summed E-state index contributed by atoms with van der Waals surface area (Å²) in [6, 6.07) is 20.7. The Balaban J connectivity index is 2.07. The molecule has 1 N–H and O–H groups in total. The number of rotatable bonds is 12. The molecule has 0 aliphatic rings. The first-order valence-corrected chi connectivity index (χ1v) is 14.6. The molecule has 11 heteroatoms. The van der Waals surface area contributed by atoms with Gasteiger partial charge in [0.15, 0.2) is 0 Å². The van der Waals surface area contributed by atoms with Gasteiger partial charge in [0.25, 0.3) is 5.69 Å². The maximum atomic E-state index is 14.0. The van der Waals surface area contributed by atoms with E-state index < -0.39 is 33.4 Å². The van der Waals surface area contributed by atoms with Crippen LogP contribution < -0.4 is 9.62 Å². The van der Waals surface area contributed by atoms with Crippen molar-refractivity contribution in [1.82, 2.24) is 10.2 Å². The molecule has 0 aliphatic carbocycles. The number of benzene rings is 3. The first-order chi connectivity index (χ1) is 18.8. The minimum absolute atomic E-state index is 0.0215. The van der Waals surface area contributed by atoms with Crippen LogP contribution in [0.4, 0.5) is 11.4 Å². The van der Waals surface area contributed by atoms with Gasteiger partial charge < -0.3 is 10.2 Å². The number of sulfonamides is 1. The number of carbonyl (C=O) groups is 2. The molecule has 0 aliphatic heterocycles. The second-order valence-electron chi connectivity index (χ2n) is 9.93. The Bertz CT molecular complexity index is 1460. The lowest BCUT2D eigenvalue weighted by molar-refractivity contribution is -0.384. The largest absolute Gasteiger partial charge is 0.352 e. The fourth-order valence-corrected chi connectivity index (χ4v) is 5.16. The molecule has 40 heavy (non-hydrogen) atoms. The summed E-state index contributed by atoms with van der Waals surface area (Å²) in [7, 11) is -4.03. The summed E-state index contributed by atoms with van der Waals surface area (Å²) in [6.07, 6.45) is 1.13. The predicted octanol–water partition coefficient (Wildman–Crippen LogP) is 3.83. The standard InChI is InChI=1S/C29H34N4O6S/c1-21(2)30-29(35)27(17-23-11-6-5-7-12-23)31(19-24-13-8-10-22(3)16-24)28(34)20-32(40(4,38)39)25-14-9-15-26(18-25)33(36)37/h5-16,18,21,27H,17,19-20H2,1-4H3,(H,30,35)/t27-/m1/s1. The number of hydrogen-bond acceptors (Lipinski definition) is 6. The predicted molar refractivity (Wildman–Crippen MR) is 154 cm³/mol. The lowest BCUT2D eigenvalue weighted by Crippen LogP contribution is -2.54. The number of nitrogens with zero attached hydrogens (tertiary/aromatic N) is 3. The summed E-state index contributed by atoms with van der Waals surface area (Å²) < 4.78 is 26.5. The number of amides is 2. The van der Waals surface area contributed by atoms with E-state index in [1.807, 2.05) is 75.4 Å². The van der Waals surface area contributed by atoms with Gasteiger partial charge in [-0.25, -0.2) is 8.42 Å². The molecule has 0 fully saturated rings. The van der Waals surface area contributed by atoms with Gasteiger partial charge >= 0.3 is 0 Å². The number of hydrogen-bond donors (Lipinski definition) is 1. The minimum Gasteiger partial charge on any atom is -0.352 e.